The molecule has 18 heavy (non-hydrogen) atoms. The number of nitrogens with one attached hydrogen (secondary N) is 1. The lowest BCUT2D eigenvalue weighted by Gasteiger charge is -2.13. The fourth-order valence-electron chi connectivity index (χ4n) is 1.20. The third-order valence-corrected chi connectivity index (χ3v) is 3.39. The highest BCUT2D eigenvalue weighted by atomic mass is 32.2. The SMILES string of the molecule is CC(SCc1ccccc1)C(=O)NCC(F)(F)F. The van der Waals surface area contributed by atoms with Crippen molar-refractivity contribution in [3.63, 3.8) is 0 Å². The van der Waals surface area contributed by atoms with Gasteiger partial charge in [0.25, 0.3) is 0 Å². The Bertz CT molecular complexity index is 381. The summed E-state index contributed by atoms with van der Waals surface area (Å²) in [5.74, 6) is 0.00908. The molecule has 1 aromatic carbocycles. The highest BCUT2D eigenvalue weighted by molar-refractivity contribution is 7.99. The fraction of sp³-hybridized carbons (Fsp3) is 0.417. The zero-order valence-corrected chi connectivity index (χ0v) is 10.6. The predicted octanol–water partition coefficient (Wildman–Crippen LogP) is 2.99. The van der Waals surface area contributed by atoms with Crippen molar-refractivity contribution in [2.75, 3.05) is 6.54 Å². The van der Waals surface area contributed by atoms with Crippen LogP contribution in [0.5, 0.6) is 0 Å². The van der Waals surface area contributed by atoms with Crippen LogP contribution in [0.2, 0.25) is 0 Å². The molecule has 1 amide bonds. The van der Waals surface area contributed by atoms with Gasteiger partial charge in [0.15, 0.2) is 0 Å². The lowest BCUT2D eigenvalue weighted by Crippen LogP contribution is -2.38. The van der Waals surface area contributed by atoms with Crippen molar-refractivity contribution in [1.29, 1.82) is 0 Å². The smallest absolute Gasteiger partial charge is 0.346 e. The topological polar surface area (TPSA) is 29.1 Å². The molecular formula is C12H14F3NOS. The number of carbonyl (C=O) groups excluding carboxylic acids is 1. The van der Waals surface area contributed by atoms with Gasteiger partial charge in [-0.1, -0.05) is 30.3 Å². The zero-order valence-electron chi connectivity index (χ0n) is 9.83. The summed E-state index contributed by atoms with van der Waals surface area (Å²) < 4.78 is 35.7. The quantitative estimate of drug-likeness (QED) is 0.896. The molecule has 100 valence electrons. The first-order valence-electron chi connectivity index (χ1n) is 5.38. The molecule has 1 atom stereocenters. The van der Waals surface area contributed by atoms with E-state index < -0.39 is 23.9 Å². The number of thioether (sulfide) groups is 1. The summed E-state index contributed by atoms with van der Waals surface area (Å²) in [7, 11) is 0. The van der Waals surface area contributed by atoms with Crippen LogP contribution in [0, 0.1) is 0 Å². The Morgan fingerprint density at radius 1 is 1.33 bits per heavy atom. The maximum atomic E-state index is 11.9. The Hall–Kier alpha value is -1.17. The standard InChI is InChI=1S/C12H14F3NOS/c1-9(11(17)16-8-12(13,14)15)18-7-10-5-3-2-4-6-10/h2-6,9H,7-8H2,1H3,(H,16,17). The summed E-state index contributed by atoms with van der Waals surface area (Å²) in [6, 6.07) is 9.46. The fourth-order valence-corrected chi connectivity index (χ4v) is 2.07. The second kappa shape index (κ2) is 6.68. The van der Waals surface area contributed by atoms with E-state index in [2.05, 4.69) is 0 Å². The molecule has 0 heterocycles. The Morgan fingerprint density at radius 2 is 1.94 bits per heavy atom. The highest BCUT2D eigenvalue weighted by Gasteiger charge is 2.28. The largest absolute Gasteiger partial charge is 0.405 e. The van der Waals surface area contributed by atoms with E-state index in [1.807, 2.05) is 35.6 Å². The van der Waals surface area contributed by atoms with Gasteiger partial charge in [-0.15, -0.1) is 11.8 Å². The maximum absolute atomic E-state index is 11.9. The number of benzene rings is 1. The summed E-state index contributed by atoms with van der Waals surface area (Å²) in [6.45, 7) is 0.321. The van der Waals surface area contributed by atoms with Gasteiger partial charge in [0.2, 0.25) is 5.91 Å². The molecule has 0 aliphatic rings. The average molecular weight is 277 g/mol. The van der Waals surface area contributed by atoms with Gasteiger partial charge in [-0.2, -0.15) is 13.2 Å². The van der Waals surface area contributed by atoms with Crippen LogP contribution in [0.15, 0.2) is 30.3 Å². The van der Waals surface area contributed by atoms with Crippen LogP contribution in [0.3, 0.4) is 0 Å². The molecular weight excluding hydrogens is 263 g/mol. The molecule has 1 N–H and O–H groups in total. The molecule has 0 aliphatic heterocycles. The first kappa shape index (κ1) is 14.9. The first-order chi connectivity index (χ1) is 8.38. The Kier molecular flexibility index (Phi) is 5.53. The van der Waals surface area contributed by atoms with Crippen molar-refractivity contribution in [2.45, 2.75) is 24.1 Å². The predicted molar refractivity (Wildman–Crippen MR) is 66.3 cm³/mol. The summed E-state index contributed by atoms with van der Waals surface area (Å²) in [5, 5.41) is 1.37. The van der Waals surface area contributed by atoms with Gasteiger partial charge in [-0.3, -0.25) is 4.79 Å². The van der Waals surface area contributed by atoms with Gasteiger partial charge in [0.05, 0.1) is 5.25 Å². The Balaban J connectivity index is 2.32. The number of rotatable bonds is 5. The van der Waals surface area contributed by atoms with Crippen molar-refractivity contribution in [1.82, 2.24) is 5.32 Å². The van der Waals surface area contributed by atoms with E-state index in [4.69, 9.17) is 0 Å². The van der Waals surface area contributed by atoms with Gasteiger partial charge in [0.1, 0.15) is 6.54 Å². The van der Waals surface area contributed by atoms with E-state index in [0.29, 0.717) is 5.75 Å². The number of halogens is 3. The summed E-state index contributed by atoms with van der Waals surface area (Å²) >= 11 is 1.31. The van der Waals surface area contributed by atoms with Gasteiger partial charge < -0.3 is 5.32 Å². The Morgan fingerprint density at radius 3 is 2.50 bits per heavy atom. The van der Waals surface area contributed by atoms with Crippen LogP contribution in [-0.2, 0) is 10.5 Å². The molecule has 0 spiro atoms. The van der Waals surface area contributed by atoms with E-state index in [1.165, 1.54) is 11.8 Å². The van der Waals surface area contributed by atoms with Crippen molar-refractivity contribution in [3.05, 3.63) is 35.9 Å². The van der Waals surface area contributed by atoms with Gasteiger partial charge in [-0.05, 0) is 12.5 Å². The molecule has 1 rings (SSSR count). The van der Waals surface area contributed by atoms with Crippen molar-refractivity contribution in [2.24, 2.45) is 0 Å². The van der Waals surface area contributed by atoms with Crippen LogP contribution in [0.1, 0.15) is 12.5 Å². The van der Waals surface area contributed by atoms with Gasteiger partial charge >= 0.3 is 6.18 Å². The summed E-state index contributed by atoms with van der Waals surface area (Å²) in [4.78, 5) is 11.4. The van der Waals surface area contributed by atoms with E-state index in [0.717, 1.165) is 5.56 Å². The van der Waals surface area contributed by atoms with E-state index in [-0.39, 0.29) is 0 Å². The molecule has 1 aromatic rings. The summed E-state index contributed by atoms with van der Waals surface area (Å²) in [5.41, 5.74) is 1.04. The minimum Gasteiger partial charge on any atom is -0.346 e. The number of amides is 1. The minimum atomic E-state index is -4.36. The lowest BCUT2D eigenvalue weighted by molar-refractivity contribution is -0.137. The van der Waals surface area contributed by atoms with Gasteiger partial charge in [0, 0.05) is 5.75 Å². The highest BCUT2D eigenvalue weighted by Crippen LogP contribution is 2.18. The maximum Gasteiger partial charge on any atom is 0.405 e. The Labute approximate surface area is 108 Å². The number of hydrogen-bond acceptors (Lipinski definition) is 2. The lowest BCUT2D eigenvalue weighted by atomic mass is 10.2. The van der Waals surface area contributed by atoms with E-state index in [9.17, 15) is 18.0 Å². The molecule has 2 nitrogen and oxygen atoms in total. The molecule has 1 unspecified atom stereocenters. The third-order valence-electron chi connectivity index (χ3n) is 2.18. The van der Waals surface area contributed by atoms with Crippen LogP contribution in [0.25, 0.3) is 0 Å². The van der Waals surface area contributed by atoms with Crippen molar-refractivity contribution >= 4 is 17.7 Å². The van der Waals surface area contributed by atoms with Crippen LogP contribution in [-0.4, -0.2) is 23.9 Å². The van der Waals surface area contributed by atoms with Crippen molar-refractivity contribution < 1.29 is 18.0 Å². The zero-order chi connectivity index (χ0) is 13.6. The normalized spacial score (nSPS) is 13.1. The molecule has 0 radical (unpaired) electrons. The van der Waals surface area contributed by atoms with Crippen molar-refractivity contribution in [3.8, 4) is 0 Å². The average Bonchev–Trinajstić information content (AvgIpc) is 2.33. The van der Waals surface area contributed by atoms with Gasteiger partial charge in [-0.25, -0.2) is 0 Å². The van der Waals surface area contributed by atoms with Crippen LogP contribution in [0.4, 0.5) is 13.2 Å². The number of alkyl halides is 3. The second-order valence-corrected chi connectivity index (χ2v) is 5.10. The molecule has 6 heteroatoms. The number of hydrogen-bond donors (Lipinski definition) is 1. The second-order valence-electron chi connectivity index (χ2n) is 3.77. The van der Waals surface area contributed by atoms with Crippen LogP contribution < -0.4 is 5.32 Å². The third kappa shape index (κ3) is 5.95. The molecule has 0 fully saturated rings. The molecule has 0 bridgehead atoms. The van der Waals surface area contributed by atoms with Crippen LogP contribution >= 0.6 is 11.8 Å². The van der Waals surface area contributed by atoms with E-state index in [1.54, 1.807) is 6.92 Å². The molecule has 0 aromatic heterocycles. The molecule has 0 saturated carbocycles. The minimum absolute atomic E-state index is 0.507. The summed E-state index contributed by atoms with van der Waals surface area (Å²) in [6.07, 6.45) is -4.36. The molecule has 0 aliphatic carbocycles. The molecule has 0 saturated heterocycles. The van der Waals surface area contributed by atoms with E-state index >= 15 is 0 Å². The monoisotopic (exact) mass is 277 g/mol. The first-order valence-corrected chi connectivity index (χ1v) is 6.43. The number of carbonyl (C=O) groups is 1.